The van der Waals surface area contributed by atoms with E-state index >= 15 is 0 Å². The number of nitrogens with one attached hydrogen (secondary N) is 1. The van der Waals surface area contributed by atoms with Crippen molar-refractivity contribution in [2.24, 2.45) is 0 Å². The molecule has 0 amide bonds. The Hall–Kier alpha value is -0.430. The van der Waals surface area contributed by atoms with E-state index in [0.717, 1.165) is 6.54 Å². The monoisotopic (exact) mass is 283 g/mol. The molecule has 1 N–H and O–H groups in total. The summed E-state index contributed by atoms with van der Waals surface area (Å²) in [6.45, 7) is 1.20. The van der Waals surface area contributed by atoms with Crippen LogP contribution < -0.4 is 5.32 Å². The van der Waals surface area contributed by atoms with Crippen molar-refractivity contribution < 1.29 is 8.42 Å². The molecule has 0 aromatic carbocycles. The summed E-state index contributed by atoms with van der Waals surface area (Å²) < 4.78 is 24.0. The molecule has 0 spiro atoms. The van der Waals surface area contributed by atoms with E-state index in [0.29, 0.717) is 13.0 Å². The van der Waals surface area contributed by atoms with Crippen molar-refractivity contribution in [2.45, 2.75) is 16.7 Å². The van der Waals surface area contributed by atoms with Gasteiger partial charge in [0.05, 0.1) is 5.25 Å². The summed E-state index contributed by atoms with van der Waals surface area (Å²) in [7, 11) is -3.36. The van der Waals surface area contributed by atoms with Gasteiger partial charge in [0.1, 0.15) is 0 Å². The maximum absolute atomic E-state index is 12.0. The fourth-order valence-corrected chi connectivity index (χ4v) is 3.31. The minimum Gasteiger partial charge on any atom is -0.315 e. The van der Waals surface area contributed by atoms with Gasteiger partial charge in [0.25, 0.3) is 0 Å². The van der Waals surface area contributed by atoms with Gasteiger partial charge in [0.2, 0.25) is 5.28 Å². The largest absolute Gasteiger partial charge is 0.315 e. The Bertz CT molecular complexity index is 460. The third-order valence-corrected chi connectivity index (χ3v) is 4.62. The Morgan fingerprint density at radius 3 is 2.81 bits per heavy atom. The van der Waals surface area contributed by atoms with Gasteiger partial charge >= 0.3 is 0 Å². The molecule has 0 bridgehead atoms. The molecule has 1 aliphatic rings. The van der Waals surface area contributed by atoms with Gasteiger partial charge in [0, 0.05) is 12.7 Å². The van der Waals surface area contributed by atoms with E-state index in [1.54, 1.807) is 0 Å². The Labute approximate surface area is 105 Å². The average molecular weight is 284 g/mol. The predicted molar refractivity (Wildman–Crippen MR) is 62.8 cm³/mol. The summed E-state index contributed by atoms with van der Waals surface area (Å²) in [4.78, 5) is 7.38. The maximum atomic E-state index is 12.0. The highest BCUT2D eigenvalue weighted by Gasteiger charge is 2.31. The number of hydrogen-bond acceptors (Lipinski definition) is 5. The van der Waals surface area contributed by atoms with Crippen LogP contribution in [-0.4, -0.2) is 36.7 Å². The Morgan fingerprint density at radius 2 is 2.25 bits per heavy atom. The van der Waals surface area contributed by atoms with E-state index in [9.17, 15) is 8.42 Å². The topological polar surface area (TPSA) is 72.0 Å². The molecule has 1 aromatic rings. The minimum absolute atomic E-state index is 0. The molecule has 1 atom stereocenters. The Kier molecular flexibility index (Phi) is 4.49. The van der Waals surface area contributed by atoms with E-state index < -0.39 is 15.1 Å². The maximum Gasteiger partial charge on any atom is 0.223 e. The molecule has 1 aliphatic heterocycles. The minimum atomic E-state index is -3.36. The number of hydrogen-bond donors (Lipinski definition) is 1. The highest BCUT2D eigenvalue weighted by molar-refractivity contribution is 7.92. The first-order valence-electron chi connectivity index (χ1n) is 4.54. The standard InChI is InChI=1S/C8H10ClN3O2S.ClH/c9-8-11-4-2-7(12-8)15(13,14)6-1-3-10-5-6;/h2,4,6,10H,1,3,5H2;1H. The van der Waals surface area contributed by atoms with Crippen molar-refractivity contribution in [3.05, 3.63) is 17.5 Å². The summed E-state index contributed by atoms with van der Waals surface area (Å²) in [5.41, 5.74) is 0. The molecule has 0 aliphatic carbocycles. The van der Waals surface area contributed by atoms with E-state index in [1.165, 1.54) is 12.3 Å². The van der Waals surface area contributed by atoms with E-state index in [1.807, 2.05) is 0 Å². The molecule has 8 heteroatoms. The van der Waals surface area contributed by atoms with Gasteiger partial charge in [-0.2, -0.15) is 0 Å². The van der Waals surface area contributed by atoms with Crippen LogP contribution >= 0.6 is 24.0 Å². The molecule has 1 aromatic heterocycles. The third-order valence-electron chi connectivity index (χ3n) is 2.35. The lowest BCUT2D eigenvalue weighted by Crippen LogP contribution is -2.24. The second-order valence-electron chi connectivity index (χ2n) is 3.32. The molecule has 0 saturated carbocycles. The molecule has 2 rings (SSSR count). The van der Waals surface area contributed by atoms with Gasteiger partial charge < -0.3 is 5.32 Å². The van der Waals surface area contributed by atoms with Crippen LogP contribution in [-0.2, 0) is 9.84 Å². The SMILES string of the molecule is Cl.O=S(=O)(c1ccnc(Cl)n1)C1CCNC1. The van der Waals surface area contributed by atoms with E-state index in [2.05, 4.69) is 15.3 Å². The lowest BCUT2D eigenvalue weighted by Gasteiger charge is -2.08. The third kappa shape index (κ3) is 2.63. The highest BCUT2D eigenvalue weighted by Crippen LogP contribution is 2.18. The van der Waals surface area contributed by atoms with Crippen molar-refractivity contribution >= 4 is 33.8 Å². The first-order chi connectivity index (χ1) is 7.10. The van der Waals surface area contributed by atoms with Crippen LogP contribution in [0.15, 0.2) is 17.3 Å². The van der Waals surface area contributed by atoms with Gasteiger partial charge in [0.15, 0.2) is 14.9 Å². The molecule has 0 radical (unpaired) electrons. The average Bonchev–Trinajstić information content (AvgIpc) is 2.71. The van der Waals surface area contributed by atoms with Gasteiger partial charge in [-0.1, -0.05) is 0 Å². The zero-order chi connectivity index (χ0) is 10.9. The molecule has 1 fully saturated rings. The molecule has 90 valence electrons. The van der Waals surface area contributed by atoms with E-state index in [4.69, 9.17) is 11.6 Å². The van der Waals surface area contributed by atoms with Gasteiger partial charge in [-0.3, -0.25) is 0 Å². The van der Waals surface area contributed by atoms with Gasteiger partial charge in [-0.25, -0.2) is 18.4 Å². The van der Waals surface area contributed by atoms with Crippen LogP contribution in [0.25, 0.3) is 0 Å². The number of aromatic nitrogens is 2. The van der Waals surface area contributed by atoms with Crippen molar-refractivity contribution in [1.82, 2.24) is 15.3 Å². The first kappa shape index (κ1) is 13.6. The van der Waals surface area contributed by atoms with Crippen molar-refractivity contribution in [2.75, 3.05) is 13.1 Å². The fourth-order valence-electron chi connectivity index (χ4n) is 1.54. The van der Waals surface area contributed by atoms with Crippen molar-refractivity contribution in [1.29, 1.82) is 0 Å². The summed E-state index contributed by atoms with van der Waals surface area (Å²) in [5.74, 6) is 0. The quantitative estimate of drug-likeness (QED) is 0.639. The number of halogens is 2. The first-order valence-corrected chi connectivity index (χ1v) is 6.46. The molecular weight excluding hydrogens is 273 g/mol. The van der Waals surface area contributed by atoms with Gasteiger partial charge in [-0.15, -0.1) is 12.4 Å². The van der Waals surface area contributed by atoms with Gasteiger partial charge in [-0.05, 0) is 30.6 Å². The molecule has 1 unspecified atom stereocenters. The number of nitrogens with zero attached hydrogens (tertiary/aromatic N) is 2. The fraction of sp³-hybridized carbons (Fsp3) is 0.500. The molecule has 1 saturated heterocycles. The second kappa shape index (κ2) is 5.27. The summed E-state index contributed by atoms with van der Waals surface area (Å²) in [5, 5.41) is 2.58. The van der Waals surface area contributed by atoms with Crippen molar-refractivity contribution in [3.8, 4) is 0 Å². The zero-order valence-electron chi connectivity index (χ0n) is 8.26. The number of sulfone groups is 1. The Balaban J connectivity index is 0.00000128. The summed E-state index contributed by atoms with van der Waals surface area (Å²) >= 11 is 5.56. The van der Waals surface area contributed by atoms with Crippen LogP contribution in [0.4, 0.5) is 0 Å². The van der Waals surface area contributed by atoms with Crippen LogP contribution in [0.1, 0.15) is 6.42 Å². The molecule has 16 heavy (non-hydrogen) atoms. The van der Waals surface area contributed by atoms with Crippen LogP contribution in [0.5, 0.6) is 0 Å². The smallest absolute Gasteiger partial charge is 0.223 e. The zero-order valence-corrected chi connectivity index (χ0v) is 10.6. The molecule has 5 nitrogen and oxygen atoms in total. The normalized spacial score (nSPS) is 20.4. The van der Waals surface area contributed by atoms with Crippen molar-refractivity contribution in [3.63, 3.8) is 0 Å². The van der Waals surface area contributed by atoms with Crippen LogP contribution in [0.2, 0.25) is 5.28 Å². The number of rotatable bonds is 2. The lowest BCUT2D eigenvalue weighted by molar-refractivity contribution is 0.578. The summed E-state index contributed by atoms with van der Waals surface area (Å²) in [6.07, 6.45) is 1.97. The molecule has 2 heterocycles. The van der Waals surface area contributed by atoms with Crippen LogP contribution in [0.3, 0.4) is 0 Å². The highest BCUT2D eigenvalue weighted by atomic mass is 35.5. The van der Waals surface area contributed by atoms with Crippen LogP contribution in [0, 0.1) is 0 Å². The lowest BCUT2D eigenvalue weighted by atomic mass is 10.4. The Morgan fingerprint density at radius 1 is 1.50 bits per heavy atom. The predicted octanol–water partition coefficient (Wildman–Crippen LogP) is 0.687. The van der Waals surface area contributed by atoms with E-state index in [-0.39, 0.29) is 22.7 Å². The molecular formula is C8H11Cl2N3O2S. The second-order valence-corrected chi connectivity index (χ2v) is 5.84. The summed E-state index contributed by atoms with van der Waals surface area (Å²) in [6, 6.07) is 1.37.